The third-order valence-corrected chi connectivity index (χ3v) is 1.97. The molecule has 6 heteroatoms. The molecule has 0 aromatic carbocycles. The Morgan fingerprint density at radius 2 is 2.15 bits per heavy atom. The van der Waals surface area contributed by atoms with Gasteiger partial charge in [0.1, 0.15) is 12.1 Å². The Balaban J connectivity index is 2.86. The maximum atomic E-state index is 11.3. The highest BCUT2D eigenvalue weighted by molar-refractivity contribution is 6.06. The molecule has 1 heterocycles. The molecule has 2 atom stereocenters. The molecular formula is C7H11N3O3. The van der Waals surface area contributed by atoms with E-state index in [9.17, 15) is 14.4 Å². The molecule has 1 rings (SSSR count). The third-order valence-electron chi connectivity index (χ3n) is 1.97. The Kier molecular flexibility index (Phi) is 2.22. The van der Waals surface area contributed by atoms with Gasteiger partial charge in [-0.2, -0.15) is 0 Å². The van der Waals surface area contributed by atoms with Crippen molar-refractivity contribution in [3.63, 3.8) is 0 Å². The molecule has 3 N–H and O–H groups in total. The van der Waals surface area contributed by atoms with Gasteiger partial charge in [-0.25, -0.2) is 4.79 Å². The molecule has 0 aromatic heterocycles. The summed E-state index contributed by atoms with van der Waals surface area (Å²) in [7, 11) is 0. The van der Waals surface area contributed by atoms with Crippen LogP contribution in [0.15, 0.2) is 0 Å². The van der Waals surface area contributed by atoms with Crippen molar-refractivity contribution in [3.05, 3.63) is 0 Å². The van der Waals surface area contributed by atoms with E-state index in [1.165, 1.54) is 6.92 Å². The molecule has 1 saturated heterocycles. The Bertz CT molecular complexity index is 276. The first-order valence-electron chi connectivity index (χ1n) is 3.88. The number of nitrogens with zero attached hydrogens (tertiary/aromatic N) is 1. The second-order valence-electron chi connectivity index (χ2n) is 2.96. The molecule has 1 aliphatic rings. The van der Waals surface area contributed by atoms with Gasteiger partial charge in [0, 0.05) is 0 Å². The van der Waals surface area contributed by atoms with Gasteiger partial charge in [0.15, 0.2) is 0 Å². The summed E-state index contributed by atoms with van der Waals surface area (Å²) >= 11 is 0. The molecule has 13 heavy (non-hydrogen) atoms. The number of carbonyl (C=O) groups is 3. The van der Waals surface area contributed by atoms with Crippen LogP contribution < -0.4 is 11.1 Å². The molecule has 1 aliphatic heterocycles. The summed E-state index contributed by atoms with van der Waals surface area (Å²) in [5.41, 5.74) is 4.97. The van der Waals surface area contributed by atoms with Crippen LogP contribution in [0.1, 0.15) is 13.8 Å². The molecule has 72 valence electrons. The predicted molar refractivity (Wildman–Crippen MR) is 43.5 cm³/mol. The fourth-order valence-electron chi connectivity index (χ4n) is 1.12. The van der Waals surface area contributed by atoms with Crippen LogP contribution in [0.2, 0.25) is 0 Å². The van der Waals surface area contributed by atoms with Crippen molar-refractivity contribution in [1.82, 2.24) is 10.2 Å². The van der Waals surface area contributed by atoms with Crippen molar-refractivity contribution >= 4 is 17.8 Å². The highest BCUT2D eigenvalue weighted by Crippen LogP contribution is 2.09. The minimum atomic E-state index is -0.891. The highest BCUT2D eigenvalue weighted by Gasteiger charge is 2.39. The minimum absolute atomic E-state index is 0.420. The van der Waals surface area contributed by atoms with E-state index in [4.69, 9.17) is 5.73 Å². The Morgan fingerprint density at radius 1 is 1.62 bits per heavy atom. The molecule has 0 spiro atoms. The van der Waals surface area contributed by atoms with Crippen LogP contribution in [0.5, 0.6) is 0 Å². The van der Waals surface area contributed by atoms with Gasteiger partial charge >= 0.3 is 6.03 Å². The predicted octanol–water partition coefficient (Wildman–Crippen LogP) is -1.20. The number of rotatable bonds is 2. The summed E-state index contributed by atoms with van der Waals surface area (Å²) < 4.78 is 0. The zero-order chi connectivity index (χ0) is 10.2. The Hall–Kier alpha value is -1.59. The molecule has 6 nitrogen and oxygen atoms in total. The zero-order valence-electron chi connectivity index (χ0n) is 7.40. The summed E-state index contributed by atoms with van der Waals surface area (Å²) in [6.45, 7) is 2.96. The molecule has 1 unspecified atom stereocenters. The number of hydrogen-bond acceptors (Lipinski definition) is 3. The number of nitrogens with one attached hydrogen (secondary N) is 1. The monoisotopic (exact) mass is 185 g/mol. The van der Waals surface area contributed by atoms with Gasteiger partial charge in [-0.3, -0.25) is 14.5 Å². The van der Waals surface area contributed by atoms with Gasteiger partial charge in [0.25, 0.3) is 5.91 Å². The van der Waals surface area contributed by atoms with E-state index in [2.05, 4.69) is 5.32 Å². The second-order valence-corrected chi connectivity index (χ2v) is 2.96. The molecule has 4 amide bonds. The number of hydrogen-bond donors (Lipinski definition) is 2. The number of primary amides is 1. The topological polar surface area (TPSA) is 92.5 Å². The largest absolute Gasteiger partial charge is 0.368 e. The van der Waals surface area contributed by atoms with Gasteiger partial charge < -0.3 is 11.1 Å². The molecular weight excluding hydrogens is 174 g/mol. The van der Waals surface area contributed by atoms with Gasteiger partial charge in [-0.05, 0) is 13.8 Å². The van der Waals surface area contributed by atoms with Crippen molar-refractivity contribution in [2.24, 2.45) is 5.73 Å². The van der Waals surface area contributed by atoms with E-state index >= 15 is 0 Å². The highest BCUT2D eigenvalue weighted by atomic mass is 16.2. The van der Waals surface area contributed by atoms with E-state index in [1.54, 1.807) is 6.92 Å². The lowest BCUT2D eigenvalue weighted by molar-refractivity contribution is -0.133. The van der Waals surface area contributed by atoms with Gasteiger partial charge in [-0.15, -0.1) is 0 Å². The minimum Gasteiger partial charge on any atom is -0.368 e. The van der Waals surface area contributed by atoms with Crippen molar-refractivity contribution in [1.29, 1.82) is 0 Å². The fourth-order valence-corrected chi connectivity index (χ4v) is 1.12. The van der Waals surface area contributed by atoms with Crippen molar-refractivity contribution in [3.8, 4) is 0 Å². The number of carbonyl (C=O) groups excluding carboxylic acids is 3. The van der Waals surface area contributed by atoms with Crippen LogP contribution in [0.4, 0.5) is 4.79 Å². The lowest BCUT2D eigenvalue weighted by atomic mass is 10.2. The van der Waals surface area contributed by atoms with Gasteiger partial charge in [-0.1, -0.05) is 0 Å². The average Bonchev–Trinajstić information content (AvgIpc) is 2.26. The SMILES string of the molecule is CC1NC(=O)N([C@@H](C)C(N)=O)C1=O. The average molecular weight is 185 g/mol. The first-order chi connectivity index (χ1) is 5.95. The molecule has 0 radical (unpaired) electrons. The fraction of sp³-hybridized carbons (Fsp3) is 0.571. The third kappa shape index (κ3) is 1.47. The van der Waals surface area contributed by atoms with Crippen molar-refractivity contribution in [2.45, 2.75) is 25.9 Å². The first-order valence-corrected chi connectivity index (χ1v) is 3.88. The smallest absolute Gasteiger partial charge is 0.325 e. The maximum Gasteiger partial charge on any atom is 0.325 e. The lowest BCUT2D eigenvalue weighted by Gasteiger charge is -2.17. The van der Waals surface area contributed by atoms with Crippen LogP contribution >= 0.6 is 0 Å². The van der Waals surface area contributed by atoms with Crippen LogP contribution in [0, 0.1) is 0 Å². The van der Waals surface area contributed by atoms with E-state index in [1.807, 2.05) is 0 Å². The first kappa shape index (κ1) is 9.50. The van der Waals surface area contributed by atoms with E-state index in [0.717, 1.165) is 4.90 Å². The van der Waals surface area contributed by atoms with Gasteiger partial charge in [0.05, 0.1) is 0 Å². The Morgan fingerprint density at radius 3 is 2.46 bits per heavy atom. The number of urea groups is 1. The molecule has 0 aliphatic carbocycles. The molecule has 0 saturated carbocycles. The normalized spacial score (nSPS) is 24.5. The summed E-state index contributed by atoms with van der Waals surface area (Å²) in [6, 6.07) is -2.03. The lowest BCUT2D eigenvalue weighted by Crippen LogP contribution is -2.46. The van der Waals surface area contributed by atoms with E-state index < -0.39 is 29.9 Å². The van der Waals surface area contributed by atoms with Crippen LogP contribution in [-0.2, 0) is 9.59 Å². The van der Waals surface area contributed by atoms with Crippen LogP contribution in [0.3, 0.4) is 0 Å². The summed E-state index contributed by atoms with van der Waals surface area (Å²) in [4.78, 5) is 34.0. The Labute approximate surface area is 75.1 Å². The van der Waals surface area contributed by atoms with E-state index in [-0.39, 0.29) is 0 Å². The summed E-state index contributed by atoms with van der Waals surface area (Å²) in [6.07, 6.45) is 0. The zero-order valence-corrected chi connectivity index (χ0v) is 7.40. The molecule has 0 bridgehead atoms. The van der Waals surface area contributed by atoms with Crippen molar-refractivity contribution in [2.75, 3.05) is 0 Å². The standard InChI is InChI=1S/C7H11N3O3/c1-3-6(12)10(7(13)9-3)4(2)5(8)11/h3-4H,1-2H3,(H2,8,11)(H,9,13)/t3?,4-/m0/s1. The number of amides is 4. The molecule has 0 aromatic rings. The van der Waals surface area contributed by atoms with Crippen LogP contribution in [-0.4, -0.2) is 34.8 Å². The summed E-state index contributed by atoms with van der Waals surface area (Å²) in [5.74, 6) is -1.12. The number of imide groups is 1. The quantitative estimate of drug-likeness (QED) is 0.529. The van der Waals surface area contributed by atoms with Crippen LogP contribution in [0.25, 0.3) is 0 Å². The van der Waals surface area contributed by atoms with E-state index in [0.29, 0.717) is 0 Å². The maximum absolute atomic E-state index is 11.3. The van der Waals surface area contributed by atoms with Crippen molar-refractivity contribution < 1.29 is 14.4 Å². The summed E-state index contributed by atoms with van der Waals surface area (Å²) in [5, 5.41) is 2.38. The van der Waals surface area contributed by atoms with Gasteiger partial charge in [0.2, 0.25) is 5.91 Å². The molecule has 1 fully saturated rings. The number of nitrogens with two attached hydrogens (primary N) is 1. The second kappa shape index (κ2) is 3.04.